The molecule has 0 spiro atoms. The third kappa shape index (κ3) is 4.84. The van der Waals surface area contributed by atoms with Gasteiger partial charge in [0.15, 0.2) is 0 Å². The Kier molecular flexibility index (Phi) is 6.48. The molecule has 1 heterocycles. The van der Waals surface area contributed by atoms with Crippen LogP contribution in [0, 0.1) is 0 Å². The summed E-state index contributed by atoms with van der Waals surface area (Å²) in [6.07, 6.45) is 6.83. The average Bonchev–Trinajstić information content (AvgIpc) is 2.77. The fraction of sp³-hybridized carbons (Fsp3) is 0.0909. The molecule has 0 aliphatic rings. The highest BCUT2D eigenvalue weighted by molar-refractivity contribution is 7.92. The minimum Gasteiger partial charge on any atom is -0.497 e. The Bertz CT molecular complexity index is 1140. The molecule has 0 radical (unpaired) electrons. The Balaban J connectivity index is 2.06. The molecule has 0 saturated carbocycles. The second kappa shape index (κ2) is 9.23. The number of benzene rings is 2. The number of carbonyl (C=O) groups is 1. The van der Waals surface area contributed by atoms with Gasteiger partial charge in [-0.2, -0.15) is 0 Å². The zero-order valence-electron chi connectivity index (χ0n) is 16.2. The first-order chi connectivity index (χ1) is 14.4. The van der Waals surface area contributed by atoms with E-state index >= 15 is 0 Å². The average molecular weight is 424 g/mol. The SMILES string of the molecule is COc1ccc(S(=O)(=O)N(CC(=O)O)c2ccccc2/C=C\c2cccnc2)cc1. The van der Waals surface area contributed by atoms with Crippen molar-refractivity contribution in [1.82, 2.24) is 4.98 Å². The molecule has 0 fully saturated rings. The number of nitrogens with zero attached hydrogens (tertiary/aromatic N) is 2. The van der Waals surface area contributed by atoms with Crippen LogP contribution in [-0.4, -0.2) is 38.1 Å². The molecular formula is C22H20N2O5S. The molecule has 2 aromatic carbocycles. The van der Waals surface area contributed by atoms with Crippen LogP contribution in [0.2, 0.25) is 0 Å². The van der Waals surface area contributed by atoms with E-state index in [4.69, 9.17) is 4.74 Å². The van der Waals surface area contributed by atoms with Crippen molar-refractivity contribution >= 4 is 33.8 Å². The van der Waals surface area contributed by atoms with Crippen molar-refractivity contribution in [3.63, 3.8) is 0 Å². The van der Waals surface area contributed by atoms with Crippen LogP contribution >= 0.6 is 0 Å². The molecule has 0 aliphatic heterocycles. The summed E-state index contributed by atoms with van der Waals surface area (Å²) in [5.74, 6) is -0.767. The van der Waals surface area contributed by atoms with Crippen LogP contribution in [0.4, 0.5) is 5.69 Å². The Labute approximate surface area is 174 Å². The van der Waals surface area contributed by atoms with Gasteiger partial charge in [0.1, 0.15) is 12.3 Å². The van der Waals surface area contributed by atoms with Crippen molar-refractivity contribution in [1.29, 1.82) is 0 Å². The minimum absolute atomic E-state index is 0.0319. The summed E-state index contributed by atoms with van der Waals surface area (Å²) in [5, 5.41) is 9.38. The highest BCUT2D eigenvalue weighted by Gasteiger charge is 2.28. The quantitative estimate of drug-likeness (QED) is 0.594. The fourth-order valence-corrected chi connectivity index (χ4v) is 4.25. The minimum atomic E-state index is -4.13. The number of methoxy groups -OCH3 is 1. The maximum absolute atomic E-state index is 13.3. The van der Waals surface area contributed by atoms with E-state index in [1.807, 2.05) is 6.07 Å². The standard InChI is InChI=1S/C22H20N2O5S/c1-29-19-10-12-20(13-11-19)30(27,28)24(16-22(25)26)21-7-3-2-6-18(21)9-8-17-5-4-14-23-15-17/h2-15H,16H2,1H3,(H,25,26)/b9-8-. The number of hydrogen-bond acceptors (Lipinski definition) is 5. The van der Waals surface area contributed by atoms with Gasteiger partial charge in [-0.3, -0.25) is 14.1 Å². The molecule has 0 saturated heterocycles. The van der Waals surface area contributed by atoms with Crippen molar-refractivity contribution in [3.05, 3.63) is 84.2 Å². The predicted octanol–water partition coefficient (Wildman–Crippen LogP) is 3.54. The van der Waals surface area contributed by atoms with Gasteiger partial charge in [-0.25, -0.2) is 8.42 Å². The number of carboxylic acid groups (broad SMARTS) is 1. The molecule has 1 aromatic heterocycles. The number of ether oxygens (including phenoxy) is 1. The van der Waals surface area contributed by atoms with E-state index in [1.54, 1.807) is 54.9 Å². The lowest BCUT2D eigenvalue weighted by molar-refractivity contribution is -0.135. The summed E-state index contributed by atoms with van der Waals surface area (Å²) in [6, 6.07) is 16.2. The molecule has 154 valence electrons. The van der Waals surface area contributed by atoms with Gasteiger partial charge < -0.3 is 9.84 Å². The van der Waals surface area contributed by atoms with Gasteiger partial charge in [0, 0.05) is 12.4 Å². The van der Waals surface area contributed by atoms with Gasteiger partial charge in [-0.15, -0.1) is 0 Å². The monoisotopic (exact) mass is 424 g/mol. The van der Waals surface area contributed by atoms with Gasteiger partial charge in [-0.1, -0.05) is 36.4 Å². The lowest BCUT2D eigenvalue weighted by Gasteiger charge is -2.24. The molecule has 8 heteroatoms. The number of aromatic nitrogens is 1. The van der Waals surface area contributed by atoms with Crippen LogP contribution in [0.1, 0.15) is 11.1 Å². The summed E-state index contributed by atoms with van der Waals surface area (Å²) in [6.45, 7) is -0.716. The van der Waals surface area contributed by atoms with Gasteiger partial charge in [0.05, 0.1) is 17.7 Å². The van der Waals surface area contributed by atoms with Crippen LogP contribution in [0.15, 0.2) is 78.0 Å². The van der Waals surface area contributed by atoms with Crippen LogP contribution in [0.25, 0.3) is 12.2 Å². The van der Waals surface area contributed by atoms with Crippen LogP contribution < -0.4 is 9.04 Å². The fourth-order valence-electron chi connectivity index (χ4n) is 2.81. The zero-order valence-corrected chi connectivity index (χ0v) is 17.0. The van der Waals surface area contributed by atoms with Crippen LogP contribution in [0.5, 0.6) is 5.75 Å². The Morgan fingerprint density at radius 3 is 2.43 bits per heavy atom. The second-order valence-electron chi connectivity index (χ2n) is 6.26. The number of anilines is 1. The van der Waals surface area contributed by atoms with Crippen molar-refractivity contribution in [2.24, 2.45) is 0 Å². The topological polar surface area (TPSA) is 96.8 Å². The van der Waals surface area contributed by atoms with Crippen molar-refractivity contribution < 1.29 is 23.1 Å². The van der Waals surface area contributed by atoms with E-state index < -0.39 is 22.5 Å². The van der Waals surface area contributed by atoms with Gasteiger partial charge in [-0.05, 0) is 47.5 Å². The summed E-state index contributed by atoms with van der Waals surface area (Å²) >= 11 is 0. The Morgan fingerprint density at radius 2 is 1.80 bits per heavy atom. The highest BCUT2D eigenvalue weighted by atomic mass is 32.2. The molecule has 0 atom stereocenters. The third-order valence-corrected chi connectivity index (χ3v) is 6.05. The molecule has 7 nitrogen and oxygen atoms in total. The van der Waals surface area contributed by atoms with E-state index in [1.165, 1.54) is 31.4 Å². The lowest BCUT2D eigenvalue weighted by atomic mass is 10.1. The number of hydrogen-bond donors (Lipinski definition) is 1. The summed E-state index contributed by atoms with van der Waals surface area (Å²) in [7, 11) is -2.65. The molecule has 0 bridgehead atoms. The van der Waals surface area contributed by atoms with Gasteiger partial charge in [0.2, 0.25) is 0 Å². The molecule has 1 N–H and O–H groups in total. The zero-order chi connectivity index (χ0) is 21.6. The number of rotatable bonds is 8. The molecule has 3 aromatic rings. The maximum atomic E-state index is 13.3. The lowest BCUT2D eigenvalue weighted by Crippen LogP contribution is -2.36. The predicted molar refractivity (Wildman–Crippen MR) is 115 cm³/mol. The van der Waals surface area contributed by atoms with Crippen molar-refractivity contribution in [3.8, 4) is 5.75 Å². The number of para-hydroxylation sites is 1. The molecule has 0 unspecified atom stereocenters. The molecule has 0 aliphatic carbocycles. The van der Waals surface area contributed by atoms with Gasteiger partial charge in [0.25, 0.3) is 10.0 Å². The summed E-state index contributed by atoms with van der Waals surface area (Å²) in [4.78, 5) is 15.5. The first kappa shape index (κ1) is 21.1. The number of aliphatic carboxylic acids is 1. The van der Waals surface area contributed by atoms with E-state index in [0.29, 0.717) is 11.3 Å². The van der Waals surface area contributed by atoms with Crippen molar-refractivity contribution in [2.45, 2.75) is 4.90 Å². The number of sulfonamides is 1. The van der Waals surface area contributed by atoms with E-state index in [9.17, 15) is 18.3 Å². The van der Waals surface area contributed by atoms with Crippen LogP contribution in [-0.2, 0) is 14.8 Å². The number of pyridine rings is 1. The highest BCUT2D eigenvalue weighted by Crippen LogP contribution is 2.29. The molecule has 0 amide bonds. The first-order valence-corrected chi connectivity index (χ1v) is 10.4. The van der Waals surface area contributed by atoms with Crippen LogP contribution in [0.3, 0.4) is 0 Å². The summed E-state index contributed by atoms with van der Waals surface area (Å²) < 4.78 is 32.5. The van der Waals surface area contributed by atoms with E-state index in [-0.39, 0.29) is 10.6 Å². The molecule has 30 heavy (non-hydrogen) atoms. The smallest absolute Gasteiger partial charge is 0.324 e. The Morgan fingerprint density at radius 1 is 1.07 bits per heavy atom. The molecular weight excluding hydrogens is 404 g/mol. The number of carboxylic acids is 1. The first-order valence-electron chi connectivity index (χ1n) is 8.97. The van der Waals surface area contributed by atoms with Gasteiger partial charge >= 0.3 is 5.97 Å². The largest absolute Gasteiger partial charge is 0.497 e. The summed E-state index contributed by atoms with van der Waals surface area (Å²) in [5.41, 5.74) is 1.64. The Hall–Kier alpha value is -3.65. The van der Waals surface area contributed by atoms with E-state index in [2.05, 4.69) is 4.98 Å². The normalized spacial score (nSPS) is 11.4. The second-order valence-corrected chi connectivity index (χ2v) is 8.12. The molecule has 3 rings (SSSR count). The van der Waals surface area contributed by atoms with E-state index in [0.717, 1.165) is 9.87 Å². The maximum Gasteiger partial charge on any atom is 0.324 e. The van der Waals surface area contributed by atoms with Crippen molar-refractivity contribution in [2.75, 3.05) is 18.0 Å². The third-order valence-electron chi connectivity index (χ3n) is 4.27.